The largest absolute Gasteiger partial charge is 0.510 e. The Morgan fingerprint density at radius 2 is 0.672 bits per heavy atom. The molecule has 0 bridgehead atoms. The molecule has 13 heteroatoms. The third-order valence-electron chi connectivity index (χ3n) is 9.32. The molecule has 0 unspecified atom stereocenters. The summed E-state index contributed by atoms with van der Waals surface area (Å²) in [5.74, 6) is -3.00. The van der Waals surface area contributed by atoms with Gasteiger partial charge in [0.2, 0.25) is 0 Å². The van der Waals surface area contributed by atoms with E-state index in [-0.39, 0.29) is 110 Å². The third kappa shape index (κ3) is 9.90. The number of hydrogen-bond acceptors (Lipinski definition) is 13. The minimum absolute atomic E-state index is 0.000564. The van der Waals surface area contributed by atoms with Crippen molar-refractivity contribution in [2.45, 2.75) is 64.6 Å². The van der Waals surface area contributed by atoms with Crippen molar-refractivity contribution in [1.29, 1.82) is 0 Å². The molecule has 0 amide bonds. The molecule has 4 aromatic rings. The molecule has 4 rings (SSSR count). The molecule has 0 aliphatic carbocycles. The lowest BCUT2D eigenvalue weighted by Crippen LogP contribution is -2.42. The highest BCUT2D eigenvalue weighted by atomic mass is 16.7. The maximum absolute atomic E-state index is 15.1. The van der Waals surface area contributed by atoms with Crippen molar-refractivity contribution in [2.24, 2.45) is 0 Å². The second-order valence-electron chi connectivity index (χ2n) is 12.8. The Morgan fingerprint density at radius 1 is 0.431 bits per heavy atom. The molecular formula is C45H50O13. The van der Waals surface area contributed by atoms with Gasteiger partial charge in [0.15, 0.2) is 11.2 Å². The third-order valence-corrected chi connectivity index (χ3v) is 9.32. The van der Waals surface area contributed by atoms with E-state index in [2.05, 4.69) is 0 Å². The fraction of sp³-hybridized carbons (Fsp3) is 0.356. The van der Waals surface area contributed by atoms with Gasteiger partial charge in [0.25, 0.3) is 0 Å². The van der Waals surface area contributed by atoms with E-state index in [9.17, 15) is 29.4 Å². The van der Waals surface area contributed by atoms with Crippen LogP contribution in [0.4, 0.5) is 4.79 Å². The van der Waals surface area contributed by atoms with Crippen LogP contribution in [-0.4, -0.2) is 79.9 Å². The monoisotopic (exact) mass is 798 g/mol. The number of carbonyl (C=O) groups excluding carboxylic acids is 5. The molecule has 0 aliphatic rings. The molecule has 0 saturated heterocycles. The molecular weight excluding hydrogens is 748 g/mol. The van der Waals surface area contributed by atoms with Crippen LogP contribution in [-0.2, 0) is 39.6 Å². The Kier molecular flexibility index (Phi) is 16.5. The van der Waals surface area contributed by atoms with Gasteiger partial charge < -0.3 is 38.6 Å². The molecule has 308 valence electrons. The second-order valence-corrected chi connectivity index (χ2v) is 12.8. The number of rotatable bonds is 20. The zero-order valence-electron chi connectivity index (χ0n) is 33.2. The Hall–Kier alpha value is -6.05. The number of carbonyl (C=O) groups is 5. The van der Waals surface area contributed by atoms with Gasteiger partial charge in [-0.1, -0.05) is 72.8 Å². The van der Waals surface area contributed by atoms with Crippen LogP contribution in [0, 0.1) is 0 Å². The quantitative estimate of drug-likeness (QED) is 0.0673. The minimum atomic E-state index is -2.05. The van der Waals surface area contributed by atoms with E-state index >= 15 is 4.79 Å². The van der Waals surface area contributed by atoms with Crippen molar-refractivity contribution in [3.05, 3.63) is 142 Å². The fourth-order valence-electron chi connectivity index (χ4n) is 7.00. The van der Waals surface area contributed by atoms with Crippen LogP contribution in [0.3, 0.4) is 0 Å². The standard InChI is InChI=1S/C45H50O13/c1-5-53-39(48)31-19-9-13-23-35(31)44(27-17-29-46,36-24-14-10-20-32(36)40(49)54-6-2)57-43(52)58-45(28-18-30-47,37-25-15-11-21-33(37)41(50)55-7-3)38-26-16-12-22-34(38)42(51)56-8-4/h9-16,19-26,46-47H,5-8,17-18,27-30H2,1-4H3. The first-order chi connectivity index (χ1) is 28.1. The Labute approximate surface area is 337 Å². The van der Waals surface area contributed by atoms with Crippen LogP contribution in [0.15, 0.2) is 97.1 Å². The van der Waals surface area contributed by atoms with Crippen LogP contribution in [0.25, 0.3) is 0 Å². The van der Waals surface area contributed by atoms with Crippen LogP contribution >= 0.6 is 0 Å². The SMILES string of the molecule is CCOC(=O)c1ccccc1C(CCCO)(OC(=O)OC(CCCO)(c1ccccc1C(=O)OCC)c1ccccc1C(=O)OCC)c1ccccc1C(=O)OCC. The Morgan fingerprint density at radius 3 is 0.897 bits per heavy atom. The molecule has 0 radical (unpaired) electrons. The van der Waals surface area contributed by atoms with Gasteiger partial charge in [0.1, 0.15) is 0 Å². The maximum atomic E-state index is 15.1. The van der Waals surface area contributed by atoms with Gasteiger partial charge in [-0.3, -0.25) is 0 Å². The number of esters is 4. The topological polar surface area (TPSA) is 181 Å². The van der Waals surface area contributed by atoms with Gasteiger partial charge in [-0.05, 0) is 77.6 Å². The lowest BCUT2D eigenvalue weighted by atomic mass is 9.77. The normalized spacial score (nSPS) is 11.3. The second kappa shape index (κ2) is 21.5. The molecule has 0 aromatic heterocycles. The van der Waals surface area contributed by atoms with Crippen molar-refractivity contribution in [1.82, 2.24) is 0 Å². The van der Waals surface area contributed by atoms with E-state index in [1.165, 1.54) is 24.3 Å². The van der Waals surface area contributed by atoms with E-state index in [0.717, 1.165) is 0 Å². The zero-order valence-corrected chi connectivity index (χ0v) is 33.2. The summed E-state index contributed by atoms with van der Waals surface area (Å²) in [5, 5.41) is 20.5. The average Bonchev–Trinajstić information content (AvgIpc) is 3.24. The zero-order chi connectivity index (χ0) is 42.1. The van der Waals surface area contributed by atoms with Gasteiger partial charge in [-0.15, -0.1) is 0 Å². The molecule has 13 nitrogen and oxygen atoms in total. The highest BCUT2D eigenvalue weighted by molar-refractivity contribution is 5.95. The highest BCUT2D eigenvalue weighted by Crippen LogP contribution is 2.46. The van der Waals surface area contributed by atoms with Gasteiger partial charge in [0.05, 0.1) is 48.7 Å². The molecule has 4 aromatic carbocycles. The fourth-order valence-corrected chi connectivity index (χ4v) is 7.00. The van der Waals surface area contributed by atoms with Crippen molar-refractivity contribution in [2.75, 3.05) is 39.6 Å². The van der Waals surface area contributed by atoms with E-state index in [1.807, 2.05) is 0 Å². The summed E-state index contributed by atoms with van der Waals surface area (Å²) < 4.78 is 34.7. The molecule has 0 fully saturated rings. The van der Waals surface area contributed by atoms with Gasteiger partial charge in [-0.25, -0.2) is 24.0 Å². The van der Waals surface area contributed by atoms with Crippen LogP contribution < -0.4 is 0 Å². The summed E-state index contributed by atoms with van der Waals surface area (Å²) >= 11 is 0. The summed E-state index contributed by atoms with van der Waals surface area (Å²) in [5.41, 5.74) is -3.66. The molecule has 0 saturated carbocycles. The van der Waals surface area contributed by atoms with E-state index < -0.39 is 41.2 Å². The van der Waals surface area contributed by atoms with Crippen LogP contribution in [0.5, 0.6) is 0 Å². The number of ether oxygens (including phenoxy) is 6. The minimum Gasteiger partial charge on any atom is -0.462 e. The predicted octanol–water partition coefficient (Wildman–Crippen LogP) is 7.28. The van der Waals surface area contributed by atoms with Crippen molar-refractivity contribution < 1.29 is 62.6 Å². The summed E-state index contributed by atoms with van der Waals surface area (Å²) in [6.45, 7) is 5.86. The van der Waals surface area contributed by atoms with Gasteiger partial charge in [0, 0.05) is 35.5 Å². The first-order valence-corrected chi connectivity index (χ1v) is 19.3. The molecule has 58 heavy (non-hydrogen) atoms. The number of benzene rings is 4. The van der Waals surface area contributed by atoms with Crippen molar-refractivity contribution in [3.63, 3.8) is 0 Å². The van der Waals surface area contributed by atoms with Crippen molar-refractivity contribution in [3.8, 4) is 0 Å². The number of aliphatic hydroxyl groups excluding tert-OH is 2. The smallest absolute Gasteiger partial charge is 0.462 e. The van der Waals surface area contributed by atoms with E-state index in [1.54, 1.807) is 100 Å². The lowest BCUT2D eigenvalue weighted by molar-refractivity contribution is -0.0697. The maximum Gasteiger partial charge on any atom is 0.510 e. The van der Waals surface area contributed by atoms with Gasteiger partial charge in [-0.2, -0.15) is 0 Å². The summed E-state index contributed by atoms with van der Waals surface area (Å²) in [4.78, 5) is 69.5. The number of hydrogen-bond donors (Lipinski definition) is 2. The Bertz CT molecular complexity index is 1770. The summed E-state index contributed by atoms with van der Waals surface area (Å²) in [7, 11) is 0. The first-order valence-electron chi connectivity index (χ1n) is 19.3. The van der Waals surface area contributed by atoms with E-state index in [4.69, 9.17) is 28.4 Å². The average molecular weight is 799 g/mol. The molecule has 0 aliphatic heterocycles. The summed E-state index contributed by atoms with van der Waals surface area (Å²) in [6.07, 6.45) is -1.75. The van der Waals surface area contributed by atoms with Crippen LogP contribution in [0.1, 0.15) is 117 Å². The van der Waals surface area contributed by atoms with Crippen molar-refractivity contribution >= 4 is 30.0 Å². The van der Waals surface area contributed by atoms with E-state index in [0.29, 0.717) is 0 Å². The summed E-state index contributed by atoms with van der Waals surface area (Å²) in [6, 6.07) is 25.0. The molecule has 0 spiro atoms. The lowest BCUT2D eigenvalue weighted by Gasteiger charge is -2.40. The molecule has 0 atom stereocenters. The molecule has 0 heterocycles. The molecule has 2 N–H and O–H groups in total. The van der Waals surface area contributed by atoms with Crippen LogP contribution in [0.2, 0.25) is 0 Å². The number of aliphatic hydroxyl groups is 2. The predicted molar refractivity (Wildman–Crippen MR) is 211 cm³/mol. The highest BCUT2D eigenvalue weighted by Gasteiger charge is 2.48. The first kappa shape index (κ1) is 44.7. The Balaban J connectivity index is 2.12. The van der Waals surface area contributed by atoms with Gasteiger partial charge >= 0.3 is 30.0 Å².